The van der Waals surface area contributed by atoms with Gasteiger partial charge >= 0.3 is 11.9 Å². The van der Waals surface area contributed by atoms with Crippen LogP contribution in [0.4, 0.5) is 0 Å². The van der Waals surface area contributed by atoms with Crippen LogP contribution in [0, 0.1) is 12.3 Å². The number of terminal acetylenes is 1. The van der Waals surface area contributed by atoms with Crippen molar-refractivity contribution in [2.24, 2.45) is 0 Å². The summed E-state index contributed by atoms with van der Waals surface area (Å²) in [6.45, 7) is 10.4. The van der Waals surface area contributed by atoms with Crippen LogP contribution in [0.2, 0.25) is 0 Å². The van der Waals surface area contributed by atoms with Gasteiger partial charge in [0.15, 0.2) is 6.10 Å². The summed E-state index contributed by atoms with van der Waals surface area (Å²) in [6, 6.07) is 9.68. The number of rotatable bonds is 10. The molecule has 0 aliphatic carbocycles. The number of hydrogen-bond donors (Lipinski definition) is 0. The number of benzene rings is 1. The Labute approximate surface area is 162 Å². The summed E-state index contributed by atoms with van der Waals surface area (Å²) in [7, 11) is 0. The summed E-state index contributed by atoms with van der Waals surface area (Å²) >= 11 is 0. The second kappa shape index (κ2) is 15.7. The molecule has 0 aliphatic heterocycles. The van der Waals surface area contributed by atoms with E-state index in [-0.39, 0.29) is 13.2 Å². The van der Waals surface area contributed by atoms with E-state index in [1.807, 2.05) is 30.3 Å². The molecule has 148 valence electrons. The molecule has 5 heteroatoms. The zero-order valence-electron chi connectivity index (χ0n) is 16.5. The van der Waals surface area contributed by atoms with Crippen LogP contribution in [-0.4, -0.2) is 31.3 Å². The van der Waals surface area contributed by atoms with Gasteiger partial charge in [-0.3, -0.25) is 9.59 Å². The van der Waals surface area contributed by atoms with Crippen LogP contribution in [0.1, 0.15) is 45.6 Å². The van der Waals surface area contributed by atoms with E-state index in [1.54, 1.807) is 0 Å². The number of ether oxygens (including phenoxy) is 3. The molecule has 1 unspecified atom stereocenters. The Bertz CT molecular complexity index is 599. The highest BCUT2D eigenvalue weighted by Crippen LogP contribution is 2.03. The predicted molar refractivity (Wildman–Crippen MR) is 106 cm³/mol. The van der Waals surface area contributed by atoms with Gasteiger partial charge in [-0.25, -0.2) is 0 Å². The normalized spacial score (nSPS) is 10.6. The van der Waals surface area contributed by atoms with Crippen molar-refractivity contribution in [3.05, 3.63) is 48.0 Å². The van der Waals surface area contributed by atoms with Gasteiger partial charge in [0.1, 0.15) is 13.0 Å². The van der Waals surface area contributed by atoms with Gasteiger partial charge in [0, 0.05) is 0 Å². The van der Waals surface area contributed by atoms with E-state index in [4.69, 9.17) is 20.6 Å². The van der Waals surface area contributed by atoms with Gasteiger partial charge in [0.05, 0.1) is 13.2 Å². The molecule has 5 nitrogen and oxygen atoms in total. The SMILES string of the molecule is C#CC(C)OC(=O)CC(=O)OCC(=C)COCc1ccccc1.CCCC. The maximum Gasteiger partial charge on any atom is 0.318 e. The van der Waals surface area contributed by atoms with Crippen LogP contribution in [-0.2, 0) is 30.4 Å². The van der Waals surface area contributed by atoms with Gasteiger partial charge in [-0.15, -0.1) is 6.42 Å². The van der Waals surface area contributed by atoms with E-state index in [0.29, 0.717) is 12.2 Å². The fourth-order valence-electron chi connectivity index (χ4n) is 1.55. The van der Waals surface area contributed by atoms with E-state index in [9.17, 15) is 9.59 Å². The molecule has 0 radical (unpaired) electrons. The van der Waals surface area contributed by atoms with Gasteiger partial charge in [0.25, 0.3) is 0 Å². The van der Waals surface area contributed by atoms with E-state index in [0.717, 1.165) is 5.56 Å². The van der Waals surface area contributed by atoms with Crippen molar-refractivity contribution in [1.29, 1.82) is 0 Å². The minimum absolute atomic E-state index is 0.00834. The monoisotopic (exact) mass is 374 g/mol. The third-order valence-corrected chi connectivity index (χ3v) is 3.19. The van der Waals surface area contributed by atoms with Crippen molar-refractivity contribution in [1.82, 2.24) is 0 Å². The maximum atomic E-state index is 11.5. The minimum atomic E-state index is -0.716. The van der Waals surface area contributed by atoms with Gasteiger partial charge in [-0.1, -0.05) is 69.5 Å². The summed E-state index contributed by atoms with van der Waals surface area (Å²) in [5, 5.41) is 0. The molecule has 1 atom stereocenters. The minimum Gasteiger partial charge on any atom is -0.461 e. The molecule has 27 heavy (non-hydrogen) atoms. The molecule has 0 saturated heterocycles. The topological polar surface area (TPSA) is 61.8 Å². The van der Waals surface area contributed by atoms with Crippen molar-refractivity contribution < 1.29 is 23.8 Å². The second-order valence-corrected chi connectivity index (χ2v) is 5.86. The number of unbranched alkanes of at least 4 members (excludes halogenated alkanes) is 1. The van der Waals surface area contributed by atoms with E-state index < -0.39 is 24.5 Å². The zero-order chi connectivity index (χ0) is 20.5. The lowest BCUT2D eigenvalue weighted by atomic mass is 10.2. The fraction of sp³-hybridized carbons (Fsp3) is 0.455. The van der Waals surface area contributed by atoms with Crippen LogP contribution < -0.4 is 0 Å². The third-order valence-electron chi connectivity index (χ3n) is 3.19. The molecule has 1 aromatic carbocycles. The van der Waals surface area contributed by atoms with Crippen LogP contribution in [0.5, 0.6) is 0 Å². The standard InChI is InChI=1S/C18H20O5.C4H10/c1-4-15(3)23-18(20)10-17(19)22-12-14(2)11-21-13-16-8-6-5-7-9-16;1-3-4-2/h1,5-9,15H,2,10-13H2,3H3;3-4H2,1-2H3. The molecular formula is C22H30O5. The van der Waals surface area contributed by atoms with Gasteiger partial charge in [-0.05, 0) is 18.1 Å². The Morgan fingerprint density at radius 2 is 1.74 bits per heavy atom. The van der Waals surface area contributed by atoms with Crippen LogP contribution in [0.25, 0.3) is 0 Å². The summed E-state index contributed by atoms with van der Waals surface area (Å²) in [6.07, 6.45) is 6.56. The average molecular weight is 374 g/mol. The highest BCUT2D eigenvalue weighted by molar-refractivity contribution is 5.91. The molecule has 0 aromatic heterocycles. The number of hydrogen-bond acceptors (Lipinski definition) is 5. The Hall–Kier alpha value is -2.58. The first-order chi connectivity index (χ1) is 12.9. The lowest BCUT2D eigenvalue weighted by molar-refractivity contribution is -0.155. The van der Waals surface area contributed by atoms with Crippen LogP contribution in [0.3, 0.4) is 0 Å². The van der Waals surface area contributed by atoms with Gasteiger partial charge in [0.2, 0.25) is 0 Å². The Morgan fingerprint density at radius 3 is 2.30 bits per heavy atom. The van der Waals surface area contributed by atoms with Crippen LogP contribution >= 0.6 is 0 Å². The Kier molecular flexibility index (Phi) is 14.2. The molecule has 0 fully saturated rings. The number of carbonyl (C=O) groups excluding carboxylic acids is 2. The maximum absolute atomic E-state index is 11.5. The van der Waals surface area contributed by atoms with Crippen molar-refractivity contribution in [2.45, 2.75) is 52.7 Å². The zero-order valence-corrected chi connectivity index (χ0v) is 16.5. The summed E-state index contributed by atoms with van der Waals surface area (Å²) in [5.74, 6) is 0.823. The molecule has 0 spiro atoms. The largest absolute Gasteiger partial charge is 0.461 e. The first kappa shape index (κ1) is 24.4. The van der Waals surface area contributed by atoms with Crippen molar-refractivity contribution in [2.75, 3.05) is 13.2 Å². The Balaban J connectivity index is 0.00000153. The van der Waals surface area contributed by atoms with E-state index >= 15 is 0 Å². The molecular weight excluding hydrogens is 344 g/mol. The summed E-state index contributed by atoms with van der Waals surface area (Å²) in [5.41, 5.74) is 1.64. The highest BCUT2D eigenvalue weighted by Gasteiger charge is 2.14. The van der Waals surface area contributed by atoms with Crippen LogP contribution in [0.15, 0.2) is 42.5 Å². The van der Waals surface area contributed by atoms with Crippen molar-refractivity contribution in [3.63, 3.8) is 0 Å². The van der Waals surface area contributed by atoms with Gasteiger partial charge < -0.3 is 14.2 Å². The molecule has 0 aliphatic rings. The molecule has 1 aromatic rings. The molecule has 0 bridgehead atoms. The summed E-state index contributed by atoms with van der Waals surface area (Å²) in [4.78, 5) is 22.8. The molecule has 1 rings (SSSR count). The lowest BCUT2D eigenvalue weighted by Gasteiger charge is -2.09. The average Bonchev–Trinajstić information content (AvgIpc) is 2.67. The first-order valence-corrected chi connectivity index (χ1v) is 9.02. The first-order valence-electron chi connectivity index (χ1n) is 9.02. The fourth-order valence-corrected chi connectivity index (χ4v) is 1.55. The van der Waals surface area contributed by atoms with E-state index in [1.165, 1.54) is 19.8 Å². The van der Waals surface area contributed by atoms with Crippen molar-refractivity contribution in [3.8, 4) is 12.3 Å². The lowest BCUT2D eigenvalue weighted by Crippen LogP contribution is -2.19. The van der Waals surface area contributed by atoms with E-state index in [2.05, 4.69) is 26.3 Å². The van der Waals surface area contributed by atoms with Crippen molar-refractivity contribution >= 4 is 11.9 Å². The second-order valence-electron chi connectivity index (χ2n) is 5.86. The number of esters is 2. The summed E-state index contributed by atoms with van der Waals surface area (Å²) < 4.78 is 15.1. The molecule has 0 amide bonds. The Morgan fingerprint density at radius 1 is 1.11 bits per heavy atom. The third kappa shape index (κ3) is 14.3. The quantitative estimate of drug-likeness (QED) is 0.267. The molecule has 0 heterocycles. The number of carbonyl (C=O) groups is 2. The highest BCUT2D eigenvalue weighted by atomic mass is 16.6. The molecule has 0 N–H and O–H groups in total. The van der Waals surface area contributed by atoms with Gasteiger partial charge in [-0.2, -0.15) is 0 Å². The smallest absolute Gasteiger partial charge is 0.318 e. The molecule has 0 saturated carbocycles. The predicted octanol–water partition coefficient (Wildman–Crippen LogP) is 4.06.